The van der Waals surface area contributed by atoms with Crippen LogP contribution in [0, 0.1) is 0 Å². The third-order valence-corrected chi connectivity index (χ3v) is 5.90. The molecule has 1 fully saturated rings. The van der Waals surface area contributed by atoms with E-state index in [0.717, 1.165) is 36.6 Å². The molecule has 1 aliphatic heterocycles. The normalized spacial score (nSPS) is 14.0. The predicted molar refractivity (Wildman–Crippen MR) is 133 cm³/mol. The number of halogens is 1. The van der Waals surface area contributed by atoms with Crippen LogP contribution in [0.5, 0.6) is 0 Å². The summed E-state index contributed by atoms with van der Waals surface area (Å²) < 4.78 is 0. The van der Waals surface area contributed by atoms with Gasteiger partial charge in [-0.3, -0.25) is 14.5 Å². The van der Waals surface area contributed by atoms with Crippen LogP contribution >= 0.6 is 11.6 Å². The Morgan fingerprint density at radius 2 is 1.68 bits per heavy atom. The van der Waals surface area contributed by atoms with Gasteiger partial charge >= 0.3 is 0 Å². The largest absolute Gasteiger partial charge is 0.355 e. The Bertz CT molecular complexity index is 1130. The molecule has 1 aliphatic rings. The number of anilines is 2. The Morgan fingerprint density at radius 3 is 2.35 bits per heavy atom. The number of nitrogens with zero attached hydrogens (tertiary/aromatic N) is 4. The molecule has 8 nitrogen and oxygen atoms in total. The van der Waals surface area contributed by atoms with Gasteiger partial charge in [-0.2, -0.15) is 0 Å². The van der Waals surface area contributed by atoms with E-state index < -0.39 is 0 Å². The molecule has 1 saturated heterocycles. The molecule has 3 aromatic rings. The summed E-state index contributed by atoms with van der Waals surface area (Å²) in [6.45, 7) is 5.88. The molecule has 0 atom stereocenters. The van der Waals surface area contributed by atoms with E-state index in [-0.39, 0.29) is 11.8 Å². The molecule has 2 N–H and O–H groups in total. The highest BCUT2D eigenvalue weighted by atomic mass is 35.5. The van der Waals surface area contributed by atoms with Crippen molar-refractivity contribution in [1.82, 2.24) is 25.1 Å². The third kappa shape index (κ3) is 6.30. The minimum Gasteiger partial charge on any atom is -0.355 e. The molecular weight excluding hydrogens is 452 g/mol. The van der Waals surface area contributed by atoms with Gasteiger partial charge < -0.3 is 15.5 Å². The average molecular weight is 479 g/mol. The highest BCUT2D eigenvalue weighted by Crippen LogP contribution is 2.22. The highest BCUT2D eigenvalue weighted by molar-refractivity contribution is 6.30. The fourth-order valence-corrected chi connectivity index (χ4v) is 3.90. The number of aromatic nitrogens is 2. The molecule has 0 radical (unpaired) electrons. The molecule has 2 amide bonds. The van der Waals surface area contributed by atoms with Crippen LogP contribution < -0.4 is 10.6 Å². The Kier molecular flexibility index (Phi) is 7.72. The molecule has 4 rings (SSSR count). The maximum atomic E-state index is 12.9. The lowest BCUT2D eigenvalue weighted by atomic mass is 10.1. The number of carbonyl (C=O) groups excluding carboxylic acids is 2. The number of amides is 2. The molecule has 2 heterocycles. The molecule has 0 spiro atoms. The molecule has 2 aromatic carbocycles. The van der Waals surface area contributed by atoms with Gasteiger partial charge in [0.15, 0.2) is 0 Å². The molecule has 9 heteroatoms. The monoisotopic (exact) mass is 478 g/mol. The summed E-state index contributed by atoms with van der Waals surface area (Å²) >= 11 is 5.97. The van der Waals surface area contributed by atoms with Crippen LogP contribution in [0.1, 0.15) is 17.3 Å². The SMILES string of the molecule is CC(=O)NCCN1CCN(C(=O)c2ccc(Nc3nccc(-c4ccc(Cl)cc4)n3)cc2)CC1. The Balaban J connectivity index is 1.32. The summed E-state index contributed by atoms with van der Waals surface area (Å²) in [7, 11) is 0. The quantitative estimate of drug-likeness (QED) is 0.540. The number of hydrogen-bond donors (Lipinski definition) is 2. The van der Waals surface area contributed by atoms with Crippen molar-refractivity contribution in [2.24, 2.45) is 0 Å². The Labute approximate surface area is 204 Å². The first-order valence-corrected chi connectivity index (χ1v) is 11.6. The lowest BCUT2D eigenvalue weighted by molar-refractivity contribution is -0.119. The fourth-order valence-electron chi connectivity index (χ4n) is 3.77. The van der Waals surface area contributed by atoms with Crippen LogP contribution in [0.3, 0.4) is 0 Å². The van der Waals surface area contributed by atoms with Crippen LogP contribution in [0.2, 0.25) is 5.02 Å². The molecule has 176 valence electrons. The van der Waals surface area contributed by atoms with Crippen LogP contribution in [0.4, 0.5) is 11.6 Å². The predicted octanol–water partition coefficient (Wildman–Crippen LogP) is 3.43. The highest BCUT2D eigenvalue weighted by Gasteiger charge is 2.22. The maximum Gasteiger partial charge on any atom is 0.253 e. The Hall–Kier alpha value is -3.49. The second kappa shape index (κ2) is 11.1. The molecule has 0 saturated carbocycles. The summed E-state index contributed by atoms with van der Waals surface area (Å²) in [5, 5.41) is 6.68. The number of carbonyl (C=O) groups is 2. The second-order valence-corrected chi connectivity index (χ2v) is 8.53. The van der Waals surface area contributed by atoms with E-state index >= 15 is 0 Å². The van der Waals surface area contributed by atoms with E-state index in [4.69, 9.17) is 11.6 Å². The molecule has 1 aromatic heterocycles. The van der Waals surface area contributed by atoms with Crippen molar-refractivity contribution >= 4 is 35.1 Å². The van der Waals surface area contributed by atoms with Crippen LogP contribution in [0.15, 0.2) is 60.8 Å². The number of rotatable bonds is 7. The third-order valence-electron chi connectivity index (χ3n) is 5.65. The summed E-state index contributed by atoms with van der Waals surface area (Å²) in [5.41, 5.74) is 3.18. The summed E-state index contributed by atoms with van der Waals surface area (Å²) in [4.78, 5) is 36.9. The Morgan fingerprint density at radius 1 is 0.971 bits per heavy atom. The van der Waals surface area contributed by atoms with Gasteiger partial charge in [0.2, 0.25) is 11.9 Å². The van der Waals surface area contributed by atoms with Gasteiger partial charge in [-0.25, -0.2) is 9.97 Å². The van der Waals surface area contributed by atoms with E-state index in [1.54, 1.807) is 6.20 Å². The zero-order chi connectivity index (χ0) is 23.9. The first kappa shape index (κ1) is 23.7. The lowest BCUT2D eigenvalue weighted by Crippen LogP contribution is -2.50. The summed E-state index contributed by atoms with van der Waals surface area (Å²) in [5.74, 6) is 0.475. The first-order valence-electron chi connectivity index (χ1n) is 11.2. The van der Waals surface area contributed by atoms with Crippen molar-refractivity contribution in [2.45, 2.75) is 6.92 Å². The van der Waals surface area contributed by atoms with E-state index in [1.807, 2.05) is 59.5 Å². The lowest BCUT2D eigenvalue weighted by Gasteiger charge is -2.34. The number of hydrogen-bond acceptors (Lipinski definition) is 6. The standard InChI is InChI=1S/C25H27ClN6O2/c1-18(33)27-12-13-31-14-16-32(17-15-31)24(34)20-4-8-22(9-5-20)29-25-28-11-10-23(30-25)19-2-6-21(26)7-3-19/h2-11H,12-17H2,1H3,(H,27,33)(H,28,29,30). The van der Waals surface area contributed by atoms with Gasteiger partial charge in [0, 0.05) is 74.2 Å². The van der Waals surface area contributed by atoms with Crippen molar-refractivity contribution in [3.8, 4) is 11.3 Å². The van der Waals surface area contributed by atoms with E-state index in [2.05, 4.69) is 25.5 Å². The van der Waals surface area contributed by atoms with Crippen molar-refractivity contribution < 1.29 is 9.59 Å². The van der Waals surface area contributed by atoms with Gasteiger partial charge in [-0.05, 0) is 42.5 Å². The first-order chi connectivity index (χ1) is 16.5. The van der Waals surface area contributed by atoms with E-state index in [1.165, 1.54) is 6.92 Å². The maximum absolute atomic E-state index is 12.9. The van der Waals surface area contributed by atoms with Crippen LogP contribution in [0.25, 0.3) is 11.3 Å². The smallest absolute Gasteiger partial charge is 0.253 e. The van der Waals surface area contributed by atoms with Gasteiger partial charge in [0.05, 0.1) is 5.69 Å². The number of benzene rings is 2. The van der Waals surface area contributed by atoms with Crippen molar-refractivity contribution in [3.05, 3.63) is 71.4 Å². The van der Waals surface area contributed by atoms with Crippen LogP contribution in [-0.2, 0) is 4.79 Å². The molecular formula is C25H27ClN6O2. The van der Waals surface area contributed by atoms with Gasteiger partial charge in [-0.15, -0.1) is 0 Å². The van der Waals surface area contributed by atoms with Gasteiger partial charge in [0.25, 0.3) is 5.91 Å². The number of piperazine rings is 1. The molecule has 0 unspecified atom stereocenters. The second-order valence-electron chi connectivity index (χ2n) is 8.09. The van der Waals surface area contributed by atoms with E-state index in [9.17, 15) is 9.59 Å². The topological polar surface area (TPSA) is 90.5 Å². The van der Waals surface area contributed by atoms with Crippen molar-refractivity contribution in [3.63, 3.8) is 0 Å². The minimum absolute atomic E-state index is 0.0208. The van der Waals surface area contributed by atoms with E-state index in [0.29, 0.717) is 36.2 Å². The molecule has 0 bridgehead atoms. The minimum atomic E-state index is -0.0208. The molecule has 0 aliphatic carbocycles. The zero-order valence-electron chi connectivity index (χ0n) is 19.0. The fraction of sp³-hybridized carbons (Fsp3) is 0.280. The average Bonchev–Trinajstić information content (AvgIpc) is 2.85. The summed E-state index contributed by atoms with van der Waals surface area (Å²) in [6.07, 6.45) is 1.70. The number of nitrogens with one attached hydrogen (secondary N) is 2. The van der Waals surface area contributed by atoms with Crippen molar-refractivity contribution in [1.29, 1.82) is 0 Å². The summed E-state index contributed by atoms with van der Waals surface area (Å²) in [6, 6.07) is 16.7. The van der Waals surface area contributed by atoms with Gasteiger partial charge in [-0.1, -0.05) is 23.7 Å². The molecule has 34 heavy (non-hydrogen) atoms. The van der Waals surface area contributed by atoms with Crippen molar-refractivity contribution in [2.75, 3.05) is 44.6 Å². The van der Waals surface area contributed by atoms with Crippen LogP contribution in [-0.4, -0.2) is 70.9 Å². The van der Waals surface area contributed by atoms with Gasteiger partial charge in [0.1, 0.15) is 0 Å². The zero-order valence-corrected chi connectivity index (χ0v) is 19.8.